The fraction of sp³-hybridized carbons (Fsp3) is 1.00. The van der Waals surface area contributed by atoms with E-state index >= 15 is 0 Å². The molecule has 1 N–H and O–H groups in total. The van der Waals surface area contributed by atoms with Crippen molar-refractivity contribution in [3.8, 4) is 0 Å². The van der Waals surface area contributed by atoms with Gasteiger partial charge in [0.25, 0.3) is 0 Å². The summed E-state index contributed by atoms with van der Waals surface area (Å²) in [5.74, 6) is 0. The Hall–Kier alpha value is -0.0800. The monoisotopic (exact) mass is 258 g/mol. The van der Waals surface area contributed by atoms with Crippen molar-refractivity contribution in [2.75, 3.05) is 6.61 Å². The third kappa shape index (κ3) is 9.90. The lowest BCUT2D eigenvalue weighted by Crippen LogP contribution is -2.28. The number of hydrogen-bond acceptors (Lipinski definition) is 2. The molecule has 0 fully saturated rings. The highest BCUT2D eigenvalue weighted by Gasteiger charge is 2.16. The average Bonchev–Trinajstić information content (AvgIpc) is 2.38. The maximum atomic E-state index is 9.99. The Kier molecular flexibility index (Phi) is 13.3. The van der Waals surface area contributed by atoms with Crippen molar-refractivity contribution in [3.63, 3.8) is 0 Å². The Bertz CT molecular complexity index is 159. The molecule has 0 saturated carbocycles. The number of aliphatic hydroxyl groups is 1. The van der Waals surface area contributed by atoms with E-state index in [9.17, 15) is 5.11 Å². The summed E-state index contributed by atoms with van der Waals surface area (Å²) < 4.78 is 5.53. The van der Waals surface area contributed by atoms with E-state index < -0.39 is 0 Å². The molecule has 0 aromatic rings. The zero-order valence-electron chi connectivity index (χ0n) is 12.8. The number of rotatable bonds is 13. The summed E-state index contributed by atoms with van der Waals surface area (Å²) >= 11 is 0. The summed E-state index contributed by atoms with van der Waals surface area (Å²) in [5, 5.41) is 9.99. The minimum Gasteiger partial charge on any atom is -0.390 e. The number of unbranched alkanes of at least 4 members (excludes halogenated alkanes) is 7. The molecule has 0 aliphatic heterocycles. The highest BCUT2D eigenvalue weighted by atomic mass is 16.5. The van der Waals surface area contributed by atoms with E-state index in [0.29, 0.717) is 6.61 Å². The van der Waals surface area contributed by atoms with Crippen LogP contribution >= 0.6 is 0 Å². The molecule has 0 aliphatic carbocycles. The highest BCUT2D eigenvalue weighted by Crippen LogP contribution is 2.14. The lowest BCUT2D eigenvalue weighted by Gasteiger charge is -2.21. The molecule has 0 saturated heterocycles. The maximum absolute atomic E-state index is 9.99. The molecule has 2 atom stereocenters. The van der Waals surface area contributed by atoms with Crippen LogP contribution in [0.5, 0.6) is 0 Å². The first-order valence-corrected chi connectivity index (χ1v) is 8.05. The quantitative estimate of drug-likeness (QED) is 0.485. The average molecular weight is 258 g/mol. The predicted octanol–water partition coefficient (Wildman–Crippen LogP) is 4.69. The molecule has 2 unspecified atom stereocenters. The van der Waals surface area contributed by atoms with Gasteiger partial charge in [-0.2, -0.15) is 0 Å². The third-order valence-corrected chi connectivity index (χ3v) is 3.57. The first-order valence-electron chi connectivity index (χ1n) is 8.05. The van der Waals surface area contributed by atoms with E-state index in [1.54, 1.807) is 0 Å². The van der Waals surface area contributed by atoms with Crippen LogP contribution in [-0.4, -0.2) is 23.9 Å². The van der Waals surface area contributed by atoms with Crippen LogP contribution in [0.25, 0.3) is 0 Å². The van der Waals surface area contributed by atoms with Gasteiger partial charge in [0.05, 0.1) is 12.2 Å². The predicted molar refractivity (Wildman–Crippen MR) is 78.9 cm³/mol. The molecular weight excluding hydrogens is 224 g/mol. The summed E-state index contributed by atoms with van der Waals surface area (Å²) in [6, 6.07) is 0. The lowest BCUT2D eigenvalue weighted by atomic mass is 10.0. The number of aliphatic hydroxyl groups excluding tert-OH is 1. The fourth-order valence-electron chi connectivity index (χ4n) is 2.39. The van der Waals surface area contributed by atoms with Crippen LogP contribution in [0.15, 0.2) is 0 Å². The van der Waals surface area contributed by atoms with E-state index in [1.807, 2.05) is 6.92 Å². The maximum Gasteiger partial charge on any atom is 0.0831 e. The largest absolute Gasteiger partial charge is 0.390 e. The van der Waals surface area contributed by atoms with Gasteiger partial charge in [-0.05, 0) is 19.8 Å². The summed E-state index contributed by atoms with van der Waals surface area (Å²) in [6.07, 6.45) is 12.1. The van der Waals surface area contributed by atoms with Crippen molar-refractivity contribution < 1.29 is 9.84 Å². The topological polar surface area (TPSA) is 29.5 Å². The van der Waals surface area contributed by atoms with Gasteiger partial charge in [0, 0.05) is 6.61 Å². The van der Waals surface area contributed by atoms with Crippen LogP contribution in [0.3, 0.4) is 0 Å². The minimum atomic E-state index is -0.268. The second kappa shape index (κ2) is 13.4. The van der Waals surface area contributed by atoms with Crippen molar-refractivity contribution in [1.82, 2.24) is 0 Å². The van der Waals surface area contributed by atoms with Crippen molar-refractivity contribution in [2.24, 2.45) is 0 Å². The van der Waals surface area contributed by atoms with Crippen LogP contribution in [0.2, 0.25) is 0 Å². The van der Waals surface area contributed by atoms with Crippen molar-refractivity contribution in [2.45, 2.75) is 97.2 Å². The fourth-order valence-corrected chi connectivity index (χ4v) is 2.39. The van der Waals surface area contributed by atoms with E-state index in [0.717, 1.165) is 19.3 Å². The Morgan fingerprint density at radius 3 is 1.89 bits per heavy atom. The standard InChI is InChI=1S/C16H34O2/c1-4-7-8-9-10-11-12-13-14-15(17)16(5-2)18-6-3/h15-17H,4-14H2,1-3H3. The van der Waals surface area contributed by atoms with Gasteiger partial charge >= 0.3 is 0 Å². The van der Waals surface area contributed by atoms with E-state index in [2.05, 4.69) is 13.8 Å². The molecule has 18 heavy (non-hydrogen) atoms. The second-order valence-electron chi connectivity index (χ2n) is 5.23. The molecule has 0 heterocycles. The summed E-state index contributed by atoms with van der Waals surface area (Å²) in [7, 11) is 0. The molecule has 110 valence electrons. The molecule has 0 bridgehead atoms. The molecule has 0 spiro atoms. The summed E-state index contributed by atoms with van der Waals surface area (Å²) in [6.45, 7) is 7.03. The lowest BCUT2D eigenvalue weighted by molar-refractivity contribution is -0.0380. The minimum absolute atomic E-state index is 0.0413. The first-order chi connectivity index (χ1) is 8.76. The normalized spacial score (nSPS) is 14.7. The zero-order chi connectivity index (χ0) is 13.6. The van der Waals surface area contributed by atoms with Gasteiger partial charge in [-0.25, -0.2) is 0 Å². The molecule has 2 nitrogen and oxygen atoms in total. The van der Waals surface area contributed by atoms with Crippen LogP contribution in [0, 0.1) is 0 Å². The SMILES string of the molecule is CCCCCCCCCCC(O)C(CC)OCC. The van der Waals surface area contributed by atoms with Gasteiger partial charge in [0.15, 0.2) is 0 Å². The van der Waals surface area contributed by atoms with Crippen LogP contribution in [0.1, 0.15) is 85.0 Å². The molecule has 0 radical (unpaired) electrons. The van der Waals surface area contributed by atoms with E-state index in [4.69, 9.17) is 4.74 Å². The Morgan fingerprint density at radius 1 is 0.833 bits per heavy atom. The molecule has 0 amide bonds. The third-order valence-electron chi connectivity index (χ3n) is 3.57. The zero-order valence-corrected chi connectivity index (χ0v) is 12.8. The van der Waals surface area contributed by atoms with Gasteiger partial charge in [-0.1, -0.05) is 65.2 Å². The molecule has 2 heteroatoms. The van der Waals surface area contributed by atoms with Gasteiger partial charge in [-0.15, -0.1) is 0 Å². The second-order valence-corrected chi connectivity index (χ2v) is 5.23. The van der Waals surface area contributed by atoms with Gasteiger partial charge in [0.2, 0.25) is 0 Å². The van der Waals surface area contributed by atoms with Gasteiger partial charge in [0.1, 0.15) is 0 Å². The Labute approximate surface area is 114 Å². The first kappa shape index (κ1) is 17.9. The Balaban J connectivity index is 3.36. The van der Waals surface area contributed by atoms with Gasteiger partial charge in [-0.3, -0.25) is 0 Å². The van der Waals surface area contributed by atoms with Crippen molar-refractivity contribution in [3.05, 3.63) is 0 Å². The molecule has 0 aromatic heterocycles. The number of ether oxygens (including phenoxy) is 1. The van der Waals surface area contributed by atoms with Crippen molar-refractivity contribution in [1.29, 1.82) is 0 Å². The van der Waals surface area contributed by atoms with Crippen LogP contribution in [-0.2, 0) is 4.74 Å². The smallest absolute Gasteiger partial charge is 0.0831 e. The van der Waals surface area contributed by atoms with Crippen LogP contribution in [0.4, 0.5) is 0 Å². The molecule has 0 rings (SSSR count). The molecule has 0 aliphatic rings. The molecular formula is C16H34O2. The van der Waals surface area contributed by atoms with Crippen molar-refractivity contribution >= 4 is 0 Å². The summed E-state index contributed by atoms with van der Waals surface area (Å²) in [5.41, 5.74) is 0. The van der Waals surface area contributed by atoms with E-state index in [-0.39, 0.29) is 12.2 Å². The van der Waals surface area contributed by atoms with Crippen LogP contribution < -0.4 is 0 Å². The number of hydrogen-bond donors (Lipinski definition) is 1. The molecule has 0 aromatic carbocycles. The Morgan fingerprint density at radius 2 is 1.39 bits per heavy atom. The highest BCUT2D eigenvalue weighted by molar-refractivity contribution is 4.67. The van der Waals surface area contributed by atoms with E-state index in [1.165, 1.54) is 44.9 Å². The van der Waals surface area contributed by atoms with Gasteiger partial charge < -0.3 is 9.84 Å². The summed E-state index contributed by atoms with van der Waals surface area (Å²) in [4.78, 5) is 0.